The third-order valence-electron chi connectivity index (χ3n) is 3.67. The highest BCUT2D eigenvalue weighted by molar-refractivity contribution is 7.98. The average molecular weight is 287 g/mol. The van der Waals surface area contributed by atoms with Gasteiger partial charge in [0.25, 0.3) is 0 Å². The largest absolute Gasteiger partial charge is 0.309 e. The maximum Gasteiger partial charge on any atom is 0.123 e. The Morgan fingerprint density at radius 3 is 2.95 bits per heavy atom. The van der Waals surface area contributed by atoms with Crippen molar-refractivity contribution in [2.24, 2.45) is 0 Å². The fraction of sp³-hybridized carbons (Fsp3) is 0.294. The van der Waals surface area contributed by atoms with Crippen LogP contribution in [0.4, 0.5) is 4.39 Å². The Morgan fingerprint density at radius 1 is 1.15 bits per heavy atom. The summed E-state index contributed by atoms with van der Waals surface area (Å²) in [6.45, 7) is 0.878. The van der Waals surface area contributed by atoms with Crippen LogP contribution in [0.1, 0.15) is 22.7 Å². The quantitative estimate of drug-likeness (QED) is 0.914. The summed E-state index contributed by atoms with van der Waals surface area (Å²) in [4.78, 5) is 0. The summed E-state index contributed by atoms with van der Waals surface area (Å²) in [5.74, 6) is 2.07. The van der Waals surface area contributed by atoms with E-state index in [0.29, 0.717) is 6.04 Å². The van der Waals surface area contributed by atoms with Gasteiger partial charge < -0.3 is 5.32 Å². The normalized spacial score (nSPS) is 17.8. The smallest absolute Gasteiger partial charge is 0.123 e. The molecule has 0 saturated carbocycles. The van der Waals surface area contributed by atoms with Crippen molar-refractivity contribution in [3.8, 4) is 0 Å². The first-order valence-corrected chi connectivity index (χ1v) is 8.12. The predicted octanol–water partition coefficient (Wildman–Crippen LogP) is 3.95. The van der Waals surface area contributed by atoms with E-state index in [1.807, 2.05) is 17.8 Å². The van der Waals surface area contributed by atoms with Gasteiger partial charge in [0.2, 0.25) is 0 Å². The molecule has 0 saturated heterocycles. The van der Waals surface area contributed by atoms with Crippen LogP contribution in [0.25, 0.3) is 0 Å². The minimum atomic E-state index is -0.152. The molecule has 0 amide bonds. The first-order chi connectivity index (χ1) is 9.83. The summed E-state index contributed by atoms with van der Waals surface area (Å²) in [6, 6.07) is 15.9. The van der Waals surface area contributed by atoms with Gasteiger partial charge in [-0.3, -0.25) is 0 Å². The van der Waals surface area contributed by atoms with Crippen molar-refractivity contribution in [1.29, 1.82) is 0 Å². The van der Waals surface area contributed by atoms with Crippen molar-refractivity contribution in [1.82, 2.24) is 5.32 Å². The van der Waals surface area contributed by atoms with Crippen LogP contribution in [-0.4, -0.2) is 12.3 Å². The van der Waals surface area contributed by atoms with Gasteiger partial charge in [-0.2, -0.15) is 11.8 Å². The zero-order chi connectivity index (χ0) is 13.8. The summed E-state index contributed by atoms with van der Waals surface area (Å²) in [5, 5.41) is 3.60. The van der Waals surface area contributed by atoms with Crippen LogP contribution in [-0.2, 0) is 12.2 Å². The fourth-order valence-corrected chi connectivity index (χ4v) is 3.77. The van der Waals surface area contributed by atoms with Gasteiger partial charge in [-0.25, -0.2) is 4.39 Å². The van der Waals surface area contributed by atoms with Gasteiger partial charge in [0, 0.05) is 17.5 Å². The van der Waals surface area contributed by atoms with Crippen molar-refractivity contribution >= 4 is 11.8 Å². The molecule has 0 radical (unpaired) electrons. The summed E-state index contributed by atoms with van der Waals surface area (Å²) in [6.07, 6.45) is 0.862. The minimum absolute atomic E-state index is 0.152. The van der Waals surface area contributed by atoms with Crippen LogP contribution in [0.5, 0.6) is 0 Å². The summed E-state index contributed by atoms with van der Waals surface area (Å²) >= 11 is 1.97. The molecule has 0 aromatic heterocycles. The van der Waals surface area contributed by atoms with E-state index in [4.69, 9.17) is 0 Å². The number of hydrogen-bond donors (Lipinski definition) is 1. The molecule has 1 heterocycles. The Labute approximate surface area is 123 Å². The number of halogens is 1. The van der Waals surface area contributed by atoms with Crippen molar-refractivity contribution in [2.75, 3.05) is 12.3 Å². The van der Waals surface area contributed by atoms with E-state index in [0.717, 1.165) is 30.0 Å². The number of rotatable bonds is 4. The second-order valence-corrected chi connectivity index (χ2v) is 6.13. The number of thioether (sulfide) groups is 1. The molecular weight excluding hydrogens is 269 g/mol. The fourth-order valence-electron chi connectivity index (χ4n) is 2.63. The molecule has 2 aromatic rings. The van der Waals surface area contributed by atoms with E-state index < -0.39 is 0 Å². The lowest BCUT2D eigenvalue weighted by atomic mass is 10.0. The van der Waals surface area contributed by atoms with Gasteiger partial charge in [0.05, 0.1) is 0 Å². The first kappa shape index (κ1) is 13.7. The van der Waals surface area contributed by atoms with Crippen LogP contribution >= 0.6 is 11.8 Å². The van der Waals surface area contributed by atoms with Crippen molar-refractivity contribution in [3.05, 3.63) is 71.0 Å². The van der Waals surface area contributed by atoms with E-state index in [1.54, 1.807) is 12.1 Å². The van der Waals surface area contributed by atoms with E-state index in [-0.39, 0.29) is 5.82 Å². The van der Waals surface area contributed by atoms with Gasteiger partial charge in [-0.05, 0) is 41.8 Å². The molecule has 3 rings (SSSR count). The Hall–Kier alpha value is -1.32. The first-order valence-electron chi connectivity index (χ1n) is 6.96. The third-order valence-corrected chi connectivity index (χ3v) is 4.75. The zero-order valence-electron chi connectivity index (χ0n) is 11.3. The van der Waals surface area contributed by atoms with E-state index >= 15 is 0 Å². The zero-order valence-corrected chi connectivity index (χ0v) is 12.1. The molecule has 1 aliphatic heterocycles. The molecule has 0 fully saturated rings. The molecule has 3 heteroatoms. The molecule has 1 atom stereocenters. The molecule has 1 N–H and O–H groups in total. The lowest BCUT2D eigenvalue weighted by Crippen LogP contribution is -2.28. The molecule has 0 spiro atoms. The molecule has 20 heavy (non-hydrogen) atoms. The Balaban J connectivity index is 1.60. The van der Waals surface area contributed by atoms with Crippen LogP contribution in [0.2, 0.25) is 0 Å². The lowest BCUT2D eigenvalue weighted by Gasteiger charge is -2.26. The summed E-state index contributed by atoms with van der Waals surface area (Å²) in [5.41, 5.74) is 3.91. The van der Waals surface area contributed by atoms with Crippen molar-refractivity contribution < 1.29 is 4.39 Å². The van der Waals surface area contributed by atoms with Crippen LogP contribution in [0, 0.1) is 5.82 Å². The standard InChI is InChI=1S/C17H18FNS/c18-15-6-3-4-13(10-15)8-9-19-17-12-20-11-14-5-1-2-7-16(14)17/h1-7,10,17,19H,8-9,11-12H2. The van der Waals surface area contributed by atoms with Gasteiger partial charge in [-0.15, -0.1) is 0 Å². The molecule has 1 aliphatic rings. The second kappa shape index (κ2) is 6.42. The maximum absolute atomic E-state index is 13.1. The van der Waals surface area contributed by atoms with Crippen LogP contribution in [0.3, 0.4) is 0 Å². The van der Waals surface area contributed by atoms with Gasteiger partial charge >= 0.3 is 0 Å². The van der Waals surface area contributed by atoms with Gasteiger partial charge in [0.15, 0.2) is 0 Å². The van der Waals surface area contributed by atoms with Crippen LogP contribution in [0.15, 0.2) is 48.5 Å². The predicted molar refractivity (Wildman–Crippen MR) is 83.5 cm³/mol. The molecule has 2 aromatic carbocycles. The number of nitrogens with one attached hydrogen (secondary N) is 1. The topological polar surface area (TPSA) is 12.0 Å². The highest BCUT2D eigenvalue weighted by atomic mass is 32.2. The van der Waals surface area contributed by atoms with E-state index in [2.05, 4.69) is 29.6 Å². The lowest BCUT2D eigenvalue weighted by molar-refractivity contribution is 0.575. The average Bonchev–Trinajstić information content (AvgIpc) is 2.48. The molecule has 0 aliphatic carbocycles. The Morgan fingerprint density at radius 2 is 2.05 bits per heavy atom. The summed E-state index contributed by atoms with van der Waals surface area (Å²) < 4.78 is 13.1. The van der Waals surface area contributed by atoms with Crippen molar-refractivity contribution in [2.45, 2.75) is 18.2 Å². The number of hydrogen-bond acceptors (Lipinski definition) is 2. The van der Waals surface area contributed by atoms with E-state index in [1.165, 1.54) is 17.2 Å². The molecule has 1 unspecified atom stereocenters. The van der Waals surface area contributed by atoms with Crippen LogP contribution < -0.4 is 5.32 Å². The SMILES string of the molecule is Fc1cccc(CCNC2CSCc3ccccc32)c1. The van der Waals surface area contributed by atoms with Gasteiger partial charge in [-0.1, -0.05) is 36.4 Å². The second-order valence-electron chi connectivity index (χ2n) is 5.10. The molecule has 1 nitrogen and oxygen atoms in total. The molecular formula is C17H18FNS. The van der Waals surface area contributed by atoms with Gasteiger partial charge in [0.1, 0.15) is 5.82 Å². The highest BCUT2D eigenvalue weighted by Crippen LogP contribution is 2.31. The van der Waals surface area contributed by atoms with E-state index in [9.17, 15) is 4.39 Å². The number of fused-ring (bicyclic) bond motifs is 1. The Bertz CT molecular complexity index is 585. The molecule has 104 valence electrons. The molecule has 0 bridgehead atoms. The summed E-state index contributed by atoms with van der Waals surface area (Å²) in [7, 11) is 0. The minimum Gasteiger partial charge on any atom is -0.309 e. The maximum atomic E-state index is 13.1. The number of benzene rings is 2. The monoisotopic (exact) mass is 287 g/mol. The van der Waals surface area contributed by atoms with Crippen molar-refractivity contribution in [3.63, 3.8) is 0 Å². The third kappa shape index (κ3) is 3.22. The Kier molecular flexibility index (Phi) is 4.38. The highest BCUT2D eigenvalue weighted by Gasteiger charge is 2.19.